The molecular weight excluding hydrogens is 1340 g/mol. The van der Waals surface area contributed by atoms with Gasteiger partial charge in [-0.25, -0.2) is 19.2 Å². The van der Waals surface area contributed by atoms with Crippen molar-refractivity contribution in [1.29, 1.82) is 0 Å². The third-order valence-electron chi connectivity index (χ3n) is 19.1. The Bertz CT molecular complexity index is 2970. The van der Waals surface area contributed by atoms with Crippen LogP contribution in [0.5, 0.6) is 0 Å². The number of ether oxygens (including phenoxy) is 8. The molecule has 8 aliphatic rings. The van der Waals surface area contributed by atoms with Gasteiger partial charge in [0.2, 0.25) is 29.7 Å². The number of rotatable bonds is 32. The number of likely N-dealkylation sites (N-methyl/N-ethyl adjacent to an activating group) is 4. The minimum absolute atomic E-state index is 0.0140. The zero-order valence-corrected chi connectivity index (χ0v) is 65.2. The molecule has 4 unspecified atom stereocenters. The molecule has 0 aromatic rings. The van der Waals surface area contributed by atoms with Crippen LogP contribution in [0.3, 0.4) is 0 Å². The molecule has 0 aromatic heterocycles. The Balaban J connectivity index is 0.000000384. The van der Waals surface area contributed by atoms with E-state index in [0.29, 0.717) is 86.7 Å². The van der Waals surface area contributed by atoms with Crippen LogP contribution >= 0.6 is 0 Å². The van der Waals surface area contributed by atoms with E-state index in [9.17, 15) is 38.4 Å². The van der Waals surface area contributed by atoms with Crippen molar-refractivity contribution in [1.82, 2.24) is 19.6 Å². The molecule has 579 valence electrons. The molecule has 2 bridgehead atoms. The zero-order chi connectivity index (χ0) is 77.3. The first-order chi connectivity index (χ1) is 49.9. The number of nitrogens with two attached hydrogens (primary N) is 1. The van der Waals surface area contributed by atoms with Crippen LogP contribution in [0.25, 0.3) is 0 Å². The summed E-state index contributed by atoms with van der Waals surface area (Å²) in [6, 6.07) is 0. The fourth-order valence-corrected chi connectivity index (χ4v) is 12.6. The molecule has 0 spiro atoms. The fraction of sp³-hybridized carbons (Fsp3) is 0.634. The van der Waals surface area contributed by atoms with E-state index < -0.39 is 47.0 Å². The van der Waals surface area contributed by atoms with Crippen molar-refractivity contribution >= 4 is 55.9 Å². The topological polar surface area (TPSA) is 262 Å². The van der Waals surface area contributed by atoms with Gasteiger partial charge in [-0.15, -0.1) is 0 Å². The largest absolute Gasteiger partial charge is 0.221 e. The fourth-order valence-electron chi connectivity index (χ4n) is 12.6. The maximum Gasteiger partial charge on any atom is 0.221 e. The Morgan fingerprint density at radius 1 is 0.448 bits per heavy atom. The quantitative estimate of drug-likeness (QED) is 0.00755. The van der Waals surface area contributed by atoms with Crippen LogP contribution in [0.2, 0.25) is 0 Å². The second kappa shape index (κ2) is 47.3. The molecular formula is C82H123BN6O16+. The maximum atomic E-state index is 12.4. The molecule has 4 atom stereocenters. The normalized spacial score (nSPS) is 22.8. The van der Waals surface area contributed by atoms with Gasteiger partial charge in [-0.1, -0.05) is 87.1 Å². The summed E-state index contributed by atoms with van der Waals surface area (Å²) in [4.78, 5) is 101. The molecule has 4 aliphatic heterocycles. The Labute approximate surface area is 627 Å². The van der Waals surface area contributed by atoms with Gasteiger partial charge in [0.15, 0.2) is 57.4 Å². The number of fused-ring (bicyclic) bond motifs is 2. The Hall–Kier alpha value is -8.33. The molecule has 2 N–H and O–H groups in total. The van der Waals surface area contributed by atoms with Crippen LogP contribution in [-0.2, 0) is 57.1 Å². The van der Waals surface area contributed by atoms with E-state index in [4.69, 9.17) is 37.9 Å². The number of carbonyl (C=O) groups is 8. The third-order valence-corrected chi connectivity index (χ3v) is 19.1. The summed E-state index contributed by atoms with van der Waals surface area (Å²) in [6.07, 6.45) is 65.9. The van der Waals surface area contributed by atoms with Crippen LogP contribution in [-0.4, -0.2) is 152 Å². The summed E-state index contributed by atoms with van der Waals surface area (Å²) < 4.78 is 40.5. The number of hydrogen-bond donors (Lipinski definition) is 1. The number of carbonyl (C=O) groups excluding carboxylic acids is 8. The monoisotopic (exact) mass is 1460 g/mol. The average Bonchev–Trinajstić information content (AvgIpc) is 1.69. The first kappa shape index (κ1) is 89.1. The molecule has 4 aliphatic carbocycles. The number of allylic oxidation sites excluding steroid dienone is 10. The van der Waals surface area contributed by atoms with E-state index in [-0.39, 0.29) is 23.6 Å². The van der Waals surface area contributed by atoms with Crippen molar-refractivity contribution in [3.05, 3.63) is 132 Å². The van der Waals surface area contributed by atoms with Gasteiger partial charge in [0.05, 0.1) is 0 Å². The van der Waals surface area contributed by atoms with Crippen molar-refractivity contribution in [3.63, 3.8) is 0 Å². The summed E-state index contributed by atoms with van der Waals surface area (Å²) in [5.74, 6) is 8.61. The maximum absolute atomic E-state index is 12.4. The van der Waals surface area contributed by atoms with Gasteiger partial charge in [0, 0.05) is 85.3 Å². The van der Waals surface area contributed by atoms with Gasteiger partial charge in [-0.05, 0) is 232 Å². The predicted octanol–water partition coefficient (Wildman–Crippen LogP) is 17.4. The minimum atomic E-state index is -0.825. The van der Waals surface area contributed by atoms with Crippen LogP contribution in [0.15, 0.2) is 131 Å². The standard InChI is InChI=1S/C45H68N2O8.C22H30N2O8.C8H14.C7H9.BH2N2/c1-44(2)38(52-42(50)54-44)27-23-33-46(5)40(48)29-21-17-13-9-7-11-15-19-25-36-31-32-37(35-36)26-20-16-12-8-10-14-18-22-30-41(49)47(6)34-24-28-39-45(3,4)55-43(51)53-39;1-21(2)15(29-19(27)31-21)9-7-13-23(5)17(25)11-12-18(26)24(6)14-8-10-16-22(3,4)32-20(28)30-16;1-2-4-6-8-7-5-3-1;1-2-7-4-3-6(1)5-7;1-3-2/h19-22,25-30,36-37H,7-18,23-24,31-35H2,1-6H3;9-12H,7-8,13-14H2,1-6H3;1-2H,3-8H2;1,6-7H,3-5H2;2H2/q;;;+1;/b25-19?,26-20?,29-21?,30-22?,38-27+,39-28+;12-11+,15-9+,16-10+;;;. The second-order valence-corrected chi connectivity index (χ2v) is 29.9. The minimum Gasteiger partial charge on any atom is -0.0374 e. The van der Waals surface area contributed by atoms with Gasteiger partial charge in [0.1, 0.15) is 0 Å². The van der Waals surface area contributed by atoms with Crippen molar-refractivity contribution in [3.8, 4) is 0 Å². The molecule has 1 radical (unpaired) electrons. The average molecular weight is 1460 g/mol. The number of hydrogen-bond acceptors (Lipinski definition) is 18. The first-order valence-corrected chi connectivity index (χ1v) is 38.1. The Morgan fingerprint density at radius 3 is 1.00 bits per heavy atom. The molecule has 0 aromatic carbocycles. The molecule has 2 saturated carbocycles. The Kier molecular flexibility index (Phi) is 40.1. The van der Waals surface area contributed by atoms with E-state index in [1.54, 1.807) is 118 Å². The van der Waals surface area contributed by atoms with Crippen molar-refractivity contribution in [2.24, 2.45) is 34.5 Å². The van der Waals surface area contributed by atoms with Crippen LogP contribution < -0.4 is 5.84 Å². The van der Waals surface area contributed by atoms with Gasteiger partial charge in [-0.2, -0.15) is 0 Å². The van der Waals surface area contributed by atoms with Crippen LogP contribution in [0.4, 0.5) is 19.2 Å². The number of amides is 4. The van der Waals surface area contributed by atoms with Crippen molar-refractivity contribution in [2.45, 2.75) is 258 Å². The molecule has 23 heteroatoms. The summed E-state index contributed by atoms with van der Waals surface area (Å²) in [5.41, 5.74) is -3.16. The van der Waals surface area contributed by atoms with Gasteiger partial charge in [0.25, 0.3) is 0 Å². The number of nitrogens with zero attached hydrogens (tertiary/aromatic N) is 5. The van der Waals surface area contributed by atoms with E-state index in [0.717, 1.165) is 50.4 Å². The van der Waals surface area contributed by atoms with Crippen LogP contribution in [0.1, 0.15) is 235 Å². The van der Waals surface area contributed by atoms with Gasteiger partial charge in [-0.3, -0.25) is 19.2 Å². The van der Waals surface area contributed by atoms with E-state index >= 15 is 0 Å². The molecule has 8 rings (SSSR count). The third kappa shape index (κ3) is 35.5. The molecule has 105 heavy (non-hydrogen) atoms. The van der Waals surface area contributed by atoms with E-state index in [1.807, 2.05) is 24.3 Å². The summed E-state index contributed by atoms with van der Waals surface area (Å²) in [7, 11) is 11.0. The first-order valence-electron chi connectivity index (χ1n) is 38.1. The molecule has 6 fully saturated rings. The summed E-state index contributed by atoms with van der Waals surface area (Å²) >= 11 is 0. The number of unbranched alkanes of at least 4 members (excludes halogenated alkanes) is 10. The van der Waals surface area contributed by atoms with E-state index in [2.05, 4.69) is 67.1 Å². The van der Waals surface area contributed by atoms with E-state index in [1.165, 1.54) is 138 Å². The molecule has 4 heterocycles. The van der Waals surface area contributed by atoms with Crippen LogP contribution in [0, 0.1) is 29.7 Å². The predicted molar refractivity (Wildman–Crippen MR) is 408 cm³/mol. The molecule has 22 nitrogen and oxygen atoms in total. The zero-order valence-electron chi connectivity index (χ0n) is 65.2. The molecule has 4 saturated heterocycles. The Morgan fingerprint density at radius 2 is 0.752 bits per heavy atom. The van der Waals surface area contributed by atoms with Crippen molar-refractivity contribution in [2.75, 3.05) is 54.4 Å². The number of cyclic esters (lactones) is 8. The van der Waals surface area contributed by atoms with Crippen molar-refractivity contribution < 1.29 is 76.3 Å². The second-order valence-electron chi connectivity index (χ2n) is 29.9. The molecule has 4 amide bonds. The summed E-state index contributed by atoms with van der Waals surface area (Å²) in [5, 5.41) is 2.50. The summed E-state index contributed by atoms with van der Waals surface area (Å²) in [6.45, 7) is 15.8. The van der Waals surface area contributed by atoms with Gasteiger partial charge >= 0.3 is 43.1 Å². The SMILES string of the molecule is C1=CCCCCCC1.CN(CC/C=C1/OC(=O)OC1(C)C)C(=O)/C=C/C(=O)N(C)CC/C=C1/OC(=O)OC1(C)C.CN(CC/C=C1/OC(=O)OC1(C)C)C(=O)C=CCCCCCCC=CC1CCC(C=CCCCCCCC=CC(=O)N(C)CC/C=C2/OC(=O)OC2(C)C)C1.[B]=NN.[C+]1=CC2CCC1C2. The van der Waals surface area contributed by atoms with Gasteiger partial charge < -0.3 is 57.5 Å². The smallest absolute Gasteiger partial charge is 0.0374 e.